The van der Waals surface area contributed by atoms with E-state index in [1.54, 1.807) is 0 Å². The van der Waals surface area contributed by atoms with Gasteiger partial charge >= 0.3 is 0 Å². The van der Waals surface area contributed by atoms with Crippen LogP contribution in [0, 0.1) is 0 Å². The molecule has 49 heavy (non-hydrogen) atoms. The van der Waals surface area contributed by atoms with Gasteiger partial charge in [0.1, 0.15) is 0 Å². The lowest BCUT2D eigenvalue weighted by atomic mass is 9.81. The molecule has 0 N–H and O–H groups in total. The SMILES string of the molecule is [B]N=P.c1ccc(C(c2ccc(-c3ccc(C(c4ccccc4)c4cccc5ccccc45)cc3)cc2)c2cccc3ccccc23)cc1. The van der Waals surface area contributed by atoms with Gasteiger partial charge in [0.15, 0.2) is 0 Å². The Morgan fingerprint density at radius 1 is 0.347 bits per heavy atom. The zero-order valence-electron chi connectivity index (χ0n) is 27.2. The Balaban J connectivity index is 0.00000122. The molecule has 0 heterocycles. The minimum absolute atomic E-state index is 0.149. The molecule has 2 radical (unpaired) electrons. The summed E-state index contributed by atoms with van der Waals surface area (Å²) in [7, 11) is 6.97. The number of hydrogen-bond acceptors (Lipinski definition) is 1. The Morgan fingerprint density at radius 3 is 1.04 bits per heavy atom. The van der Waals surface area contributed by atoms with Gasteiger partial charge in [-0.2, -0.15) is 0 Å². The zero-order valence-corrected chi connectivity index (χ0v) is 28.2. The van der Waals surface area contributed by atoms with Crippen molar-refractivity contribution in [3.63, 3.8) is 0 Å². The molecular weight excluding hydrogens is 608 g/mol. The smallest absolute Gasteiger partial charge is 0.265 e. The highest BCUT2D eigenvalue weighted by Gasteiger charge is 2.21. The third kappa shape index (κ3) is 6.88. The van der Waals surface area contributed by atoms with Crippen LogP contribution in [0.15, 0.2) is 199 Å². The largest absolute Gasteiger partial charge is 0.344 e. The summed E-state index contributed by atoms with van der Waals surface area (Å²) >= 11 is 0. The molecule has 3 heteroatoms. The molecule has 1 nitrogen and oxygen atoms in total. The van der Waals surface area contributed by atoms with E-state index in [2.05, 4.69) is 216 Å². The van der Waals surface area contributed by atoms with Crippen LogP contribution < -0.4 is 0 Å². The number of fused-ring (bicyclic) bond motifs is 2. The lowest BCUT2D eigenvalue weighted by molar-refractivity contribution is 0.988. The fourth-order valence-corrected chi connectivity index (χ4v) is 7.13. The molecule has 0 spiro atoms. The molecule has 0 aromatic heterocycles. The highest BCUT2D eigenvalue weighted by molar-refractivity contribution is 7.05. The highest BCUT2D eigenvalue weighted by Crippen LogP contribution is 2.39. The van der Waals surface area contributed by atoms with E-state index in [0.717, 1.165) is 0 Å². The lowest BCUT2D eigenvalue weighted by Gasteiger charge is -2.22. The second-order valence-electron chi connectivity index (χ2n) is 12.2. The van der Waals surface area contributed by atoms with Crippen molar-refractivity contribution in [3.05, 3.63) is 228 Å². The number of rotatable bonds is 7. The molecule has 0 amide bonds. The molecule has 8 aromatic rings. The van der Waals surface area contributed by atoms with Crippen molar-refractivity contribution in [3.8, 4) is 11.1 Å². The Morgan fingerprint density at radius 2 is 0.653 bits per heavy atom. The molecule has 0 aliphatic heterocycles. The van der Waals surface area contributed by atoms with Gasteiger partial charge in [0.2, 0.25) is 0 Å². The first-order valence-electron chi connectivity index (χ1n) is 16.6. The van der Waals surface area contributed by atoms with Gasteiger partial charge in [-0.05, 0) is 75.1 Å². The second-order valence-corrected chi connectivity index (χ2v) is 12.5. The first kappa shape index (κ1) is 32.0. The normalized spacial score (nSPS) is 12.1. The average molecular weight is 644 g/mol. The second kappa shape index (κ2) is 15.1. The van der Waals surface area contributed by atoms with E-state index in [1.807, 2.05) is 0 Å². The summed E-state index contributed by atoms with van der Waals surface area (Å²) in [6.45, 7) is 0. The minimum atomic E-state index is 0.149. The summed E-state index contributed by atoms with van der Waals surface area (Å²) in [4.78, 5) is 0. The maximum absolute atomic E-state index is 4.39. The quantitative estimate of drug-likeness (QED) is 0.0931. The van der Waals surface area contributed by atoms with Gasteiger partial charge in [0.25, 0.3) is 7.98 Å². The summed E-state index contributed by atoms with van der Waals surface area (Å²) in [6, 6.07) is 70.9. The summed E-state index contributed by atoms with van der Waals surface area (Å²) in [6.07, 6.45) is 0. The molecule has 0 aliphatic rings. The number of nitrogens with zero attached hydrogens (tertiary/aromatic N) is 1. The first-order chi connectivity index (χ1) is 24.2. The monoisotopic (exact) mass is 643 g/mol. The molecule has 0 bridgehead atoms. The van der Waals surface area contributed by atoms with Gasteiger partial charge in [-0.25, -0.2) is 0 Å². The van der Waals surface area contributed by atoms with E-state index in [0.29, 0.717) is 0 Å². The van der Waals surface area contributed by atoms with Crippen molar-refractivity contribution in [2.24, 2.45) is 4.66 Å². The topological polar surface area (TPSA) is 12.4 Å². The molecular formula is C46H35BNP. The van der Waals surface area contributed by atoms with E-state index < -0.39 is 0 Å². The van der Waals surface area contributed by atoms with Crippen LogP contribution in [-0.4, -0.2) is 7.98 Å². The van der Waals surface area contributed by atoms with Crippen LogP contribution in [0.3, 0.4) is 0 Å². The summed E-state index contributed by atoms with van der Waals surface area (Å²) in [5, 5.41) is 5.15. The van der Waals surface area contributed by atoms with Crippen LogP contribution in [-0.2, 0) is 0 Å². The molecule has 8 aromatic carbocycles. The van der Waals surface area contributed by atoms with E-state index in [-0.39, 0.29) is 11.8 Å². The molecule has 232 valence electrons. The summed E-state index contributed by atoms with van der Waals surface area (Å²) in [5.74, 6) is 0.298. The number of hydrogen-bond donors (Lipinski definition) is 0. The van der Waals surface area contributed by atoms with Gasteiger partial charge in [-0.3, -0.25) is 0 Å². The molecule has 0 aliphatic carbocycles. The van der Waals surface area contributed by atoms with Crippen molar-refractivity contribution in [2.45, 2.75) is 11.8 Å². The Hall–Kier alpha value is -5.56. The minimum Gasteiger partial charge on any atom is -0.344 e. The van der Waals surface area contributed by atoms with E-state index >= 15 is 0 Å². The van der Waals surface area contributed by atoms with Crippen LogP contribution in [0.1, 0.15) is 45.2 Å². The van der Waals surface area contributed by atoms with Gasteiger partial charge in [0, 0.05) is 11.8 Å². The van der Waals surface area contributed by atoms with Gasteiger partial charge < -0.3 is 4.66 Å². The van der Waals surface area contributed by atoms with E-state index in [1.165, 1.54) is 66.1 Å². The predicted octanol–water partition coefficient (Wildman–Crippen LogP) is 12.4. The van der Waals surface area contributed by atoms with Crippen molar-refractivity contribution < 1.29 is 0 Å². The third-order valence-corrected chi connectivity index (χ3v) is 9.36. The predicted molar refractivity (Wildman–Crippen MR) is 211 cm³/mol. The zero-order chi connectivity index (χ0) is 33.4. The lowest BCUT2D eigenvalue weighted by Crippen LogP contribution is -2.04. The van der Waals surface area contributed by atoms with Crippen molar-refractivity contribution in [1.82, 2.24) is 0 Å². The van der Waals surface area contributed by atoms with Crippen molar-refractivity contribution >= 4 is 38.6 Å². The maximum Gasteiger partial charge on any atom is 0.265 e. The molecule has 8 rings (SSSR count). The summed E-state index contributed by atoms with van der Waals surface area (Å²) in [5.41, 5.74) is 10.3. The first-order valence-corrected chi connectivity index (χ1v) is 17.0. The fraction of sp³-hybridized carbons (Fsp3) is 0.0435. The maximum atomic E-state index is 4.39. The standard InChI is InChI=1S/C46H34.BHNP/c1-3-15-37(16-4-1)45(43-23-11-19-35-13-7-9-21-41(35)43)39-29-25-33(26-30-39)34-27-31-40(32-28-34)46(38-17-5-2-6-18-38)44-24-12-20-36-14-8-10-22-42(36)44;1-2-3/h1-32,45-46H;3H. The summed E-state index contributed by atoms with van der Waals surface area (Å²) < 4.78 is 2.81. The Labute approximate surface area is 292 Å². The Kier molecular flexibility index (Phi) is 9.88. The molecule has 2 atom stereocenters. The fourth-order valence-electron chi connectivity index (χ4n) is 7.13. The highest BCUT2D eigenvalue weighted by atomic mass is 31.0. The van der Waals surface area contributed by atoms with Gasteiger partial charge in [-0.15, -0.1) is 0 Å². The number of benzene rings is 8. The van der Waals surface area contributed by atoms with Crippen LogP contribution in [0.2, 0.25) is 0 Å². The molecule has 0 saturated carbocycles. The van der Waals surface area contributed by atoms with Gasteiger partial charge in [0.05, 0.1) is 0 Å². The van der Waals surface area contributed by atoms with E-state index in [9.17, 15) is 0 Å². The van der Waals surface area contributed by atoms with Crippen LogP contribution >= 0.6 is 9.03 Å². The molecule has 0 fully saturated rings. The molecule has 0 saturated heterocycles. The van der Waals surface area contributed by atoms with Crippen LogP contribution in [0.25, 0.3) is 32.7 Å². The van der Waals surface area contributed by atoms with Crippen molar-refractivity contribution in [2.75, 3.05) is 0 Å². The van der Waals surface area contributed by atoms with Gasteiger partial charge in [-0.1, -0.05) is 194 Å². The molecule has 2 unspecified atom stereocenters. The van der Waals surface area contributed by atoms with E-state index in [4.69, 9.17) is 0 Å². The average Bonchev–Trinajstić information content (AvgIpc) is 3.17. The third-order valence-electron chi connectivity index (χ3n) is 9.36. The van der Waals surface area contributed by atoms with Crippen LogP contribution in [0.5, 0.6) is 0 Å². The van der Waals surface area contributed by atoms with Crippen molar-refractivity contribution in [1.29, 1.82) is 0 Å². The Bertz CT molecular complexity index is 2130. The van der Waals surface area contributed by atoms with Crippen LogP contribution in [0.4, 0.5) is 0 Å².